The van der Waals surface area contributed by atoms with E-state index in [0.717, 1.165) is 10.9 Å². The summed E-state index contributed by atoms with van der Waals surface area (Å²) in [6.45, 7) is -25.1. The zero-order valence-electron chi connectivity index (χ0n) is 67.1. The number of nitrogens with two attached hydrogens (primary N) is 4. The number of nitrogens with one attached hydrogen (secondary N) is 1. The highest BCUT2D eigenvalue weighted by Crippen LogP contribution is 2.61. The number of rotatable bonds is 6. The molecular weight excluding hydrogens is 2020 g/mol. The fourth-order valence-electron chi connectivity index (χ4n) is 15.9. The molecule has 0 spiro atoms. The van der Waals surface area contributed by atoms with Crippen LogP contribution in [0, 0.1) is 13.8 Å². The van der Waals surface area contributed by atoms with Gasteiger partial charge in [-0.1, -0.05) is 12.2 Å². The molecule has 0 amide bonds. The summed E-state index contributed by atoms with van der Waals surface area (Å²) in [5.74, 6) is -0.0112. The van der Waals surface area contributed by atoms with Gasteiger partial charge in [-0.2, -0.15) is 4.98 Å². The van der Waals surface area contributed by atoms with Crippen LogP contribution in [0.3, 0.4) is 0 Å². The molecule has 17 N–H and O–H groups in total. The number of H-pyrrole nitrogens is 1. The number of aryl methyl sites for hydroxylation is 2. The molecule has 0 aliphatic carbocycles. The quantitative estimate of drug-likeness (QED) is 0.0786. The van der Waals surface area contributed by atoms with Crippen molar-refractivity contribution < 1.29 is 140 Å². The average Bonchev–Trinajstić information content (AvgIpc) is 1.64. The van der Waals surface area contributed by atoms with Gasteiger partial charge in [0.15, 0.2) is 113 Å². The largest absolute Gasteiger partial charge is 0.386 e. The van der Waals surface area contributed by atoms with Gasteiger partial charge in [0, 0.05) is 0 Å². The summed E-state index contributed by atoms with van der Waals surface area (Å²) in [4.78, 5) is 139. The third kappa shape index (κ3) is 18.5. The number of nitrogens with zero attached hydrogens (tertiary/aromatic N) is 23. The van der Waals surface area contributed by atoms with Crippen LogP contribution in [0.25, 0.3) is 67.0 Å². The number of halogens is 3. The number of ether oxygens (including phenoxy) is 6. The van der Waals surface area contributed by atoms with Crippen LogP contribution >= 0.6 is 52.6 Å². The number of fused-ring (bicyclic) bond motifs is 12. The molecule has 12 aromatic rings. The molecule has 6 unspecified atom stereocenters. The highest BCUT2D eigenvalue weighted by atomic mass is 32.7. The van der Waals surface area contributed by atoms with E-state index in [9.17, 15) is 49.1 Å². The molecule has 21 rings (SSSR count). The normalized spacial score (nSPS) is 38.1. The van der Waals surface area contributed by atoms with Gasteiger partial charge < -0.3 is 114 Å². The summed E-state index contributed by atoms with van der Waals surface area (Å²) < 4.78 is 172. The number of hydrogen-bond donors (Lipinski definition) is 14. The highest BCUT2D eigenvalue weighted by Gasteiger charge is 2.59. The summed E-state index contributed by atoms with van der Waals surface area (Å²) >= 11 is 30.1. The number of thiol groups is 1. The van der Waals surface area contributed by atoms with Crippen molar-refractivity contribution in [2.24, 2.45) is 0 Å². The Bertz CT molecular complexity index is 6360. The summed E-state index contributed by atoms with van der Waals surface area (Å²) in [5.41, 5.74) is 26.4. The van der Waals surface area contributed by atoms with Crippen LogP contribution in [0.4, 0.5) is 36.6 Å². The van der Waals surface area contributed by atoms with Crippen LogP contribution in [0.5, 0.6) is 0 Å². The third-order valence-electron chi connectivity index (χ3n) is 22.0. The van der Waals surface area contributed by atoms with Crippen LogP contribution in [-0.2, 0) is 146 Å². The van der Waals surface area contributed by atoms with Crippen LogP contribution in [0.1, 0.15) is 48.8 Å². The van der Waals surface area contributed by atoms with E-state index in [0.29, 0.717) is 33.7 Å². The Hall–Kier alpha value is -7.12. The Kier molecular flexibility index (Phi) is 26.1. The predicted octanol–water partition coefficient (Wildman–Crippen LogP) is 0.292. The molecule has 30 atom stereocenters. The maximum absolute atomic E-state index is 16.0. The maximum Gasteiger partial charge on any atom is 0.386 e. The molecule has 9 saturated heterocycles. The van der Waals surface area contributed by atoms with Crippen molar-refractivity contribution in [3.63, 3.8) is 0 Å². The lowest BCUT2D eigenvalue weighted by molar-refractivity contribution is -0.0589. The molecule has 21 heterocycles. The second-order valence-corrected chi connectivity index (χ2v) is 47.1. The number of aliphatic hydroxyl groups is 3. The lowest BCUT2D eigenvalue weighted by atomic mass is 10.1. The molecule has 0 aromatic carbocycles. The van der Waals surface area contributed by atoms with Crippen molar-refractivity contribution in [3.8, 4) is 0 Å². The van der Waals surface area contributed by atoms with Gasteiger partial charge in [-0.15, -0.1) is 0 Å². The molecule has 9 aliphatic heterocycles. The van der Waals surface area contributed by atoms with Crippen molar-refractivity contribution in [1.29, 1.82) is 0 Å². The van der Waals surface area contributed by atoms with Crippen molar-refractivity contribution in [2.45, 2.75) is 161 Å². The minimum Gasteiger partial charge on any atom is -0.386 e. The molecular formula is C62H71F3N28O28P6S6. The van der Waals surface area contributed by atoms with Gasteiger partial charge in [0.05, 0.1) is 89.0 Å². The number of aromatic nitrogens is 24. The van der Waals surface area contributed by atoms with Crippen molar-refractivity contribution in [1.82, 2.24) is 117 Å². The number of alkyl halides is 3. The zero-order valence-corrected chi connectivity index (χ0v) is 77.4. The molecule has 0 bridgehead atoms. The Morgan fingerprint density at radius 3 is 0.940 bits per heavy atom. The van der Waals surface area contributed by atoms with E-state index in [4.69, 9.17) is 165 Å². The first-order chi connectivity index (χ1) is 63.2. The number of nitrogen functional groups attached to an aromatic ring is 4. The van der Waals surface area contributed by atoms with Gasteiger partial charge in [-0.25, -0.2) is 97.5 Å². The summed E-state index contributed by atoms with van der Waals surface area (Å²) in [7, 11) is 0. The molecule has 0 radical (unpaired) electrons. The molecule has 9 aliphatic rings. The summed E-state index contributed by atoms with van der Waals surface area (Å²) in [6.07, 6.45) is -20.5. The smallest absolute Gasteiger partial charge is 0.386 e. The van der Waals surface area contributed by atoms with E-state index in [1.54, 1.807) is 13.8 Å². The van der Waals surface area contributed by atoms with Gasteiger partial charge >= 0.3 is 40.4 Å². The van der Waals surface area contributed by atoms with E-state index in [1.807, 2.05) is 0 Å². The van der Waals surface area contributed by atoms with Crippen LogP contribution in [0.15, 0.2) is 74.4 Å². The monoisotopic (exact) mass is 2090 g/mol. The minimum atomic E-state index is -4.28. The van der Waals surface area contributed by atoms with E-state index >= 15 is 13.2 Å². The number of hydrogen-bond acceptors (Lipinski definition) is 49. The van der Waals surface area contributed by atoms with Gasteiger partial charge in [0.1, 0.15) is 151 Å². The first-order valence-electron chi connectivity index (χ1n) is 38.8. The highest BCUT2D eigenvalue weighted by molar-refractivity contribution is 8.44. The van der Waals surface area contributed by atoms with Crippen LogP contribution < -0.4 is 28.5 Å². The number of aromatic amines is 1. The molecule has 12 aromatic heterocycles. The van der Waals surface area contributed by atoms with Gasteiger partial charge in [0.25, 0.3) is 5.56 Å². The van der Waals surface area contributed by atoms with E-state index in [-0.39, 0.29) is 68.1 Å². The Balaban J connectivity index is 0.000000129. The SMILES string of the molecule is Cc1ncnc2c1ncn2[C@@H]1O[C@@H]2COP(O)(=S)O[C@H]3[C@@H](F)[C@H](n4cnc5c(N)ncnc54)O[C@@H]3COP(=O)(S)O[C@H]2[C@H]1O.Cc1ncnc2c1ncn2[C@@H]1O[C@@H]2COP(O)(=S)O[C@H]3[C@@H](F)[C@H](n4cnc5c(N)ncnc54)O[C@@H]3COP(O)(=S)O[C@H]2[C@H]1O.Nc1nc2c(ncn2[C@@H]2O[C@@H]3COP(O)(=S)O[C@H]4[C@@H](O)[C@H](n5cnc6c(N)ncnc65)O[C@@H]4COP(O)(=S)O[C@H]3[C@H]2F)c(=O)[nH]1. The fraction of sp³-hybridized carbons (Fsp3) is 0.516. The lowest BCUT2D eigenvalue weighted by Gasteiger charge is -2.30. The lowest BCUT2D eigenvalue weighted by Crippen LogP contribution is -2.38. The first kappa shape index (κ1) is 94.8. The topological polar surface area (TPSA) is 731 Å². The van der Waals surface area contributed by atoms with Crippen LogP contribution in [0.2, 0.25) is 0 Å². The summed E-state index contributed by atoms with van der Waals surface area (Å²) in [5, 5.41) is 33.8. The molecule has 133 heavy (non-hydrogen) atoms. The zero-order chi connectivity index (χ0) is 93.8. The van der Waals surface area contributed by atoms with E-state index in [1.165, 1.54) is 86.1 Å². The predicted molar refractivity (Wildman–Crippen MR) is 462 cm³/mol. The first-order valence-corrected chi connectivity index (χ1v) is 54.4. The second-order valence-electron chi connectivity index (χ2n) is 30.3. The second kappa shape index (κ2) is 36.6. The standard InChI is InChI=1S/2C21H24FN9O9P2S2.C20H23FN10O10P2S2/c2*1-8-12-18(26-4-24-8)31(6-28-12)21-14(32)16-10(38-21)3-36-41(33,43)39-15-9(2-35-42(34,44)40-16)37-20(11(15)22)30-7-29-13-17(23)25-5-27-19(13)30;21-8-12-6(38-18(8)31-5-27-10-16(31)28-20(23)29-17(10)33)1-36-43(35,45)41-13-7(2-37-42(34,44)40-12)39-19(11(13)32)30-4-26-9-14(22)24-3-25-15(9)30/h2*4-7,9-11,14-16,20-21,32H,2-3H2,1H3,(H,33,43)(H,34,44)(H2,23,25,27);3-8,11-13,18-19,32H,1-2H2,(H,34,44)(H,35,45)(H2,22,24,25)(H3,23,28,29,33)/t2*9-,10-,11-,14-,15-,16-,20-,21-,41?,42?;6-,7-,8-,11-,12-,13-,18-,19-,42?,43?/m111/s1. The molecule has 56 nitrogen and oxygen atoms in total. The Labute approximate surface area is 770 Å². The molecule has 714 valence electrons. The van der Waals surface area contributed by atoms with Crippen LogP contribution in [-0.4, -0.2) is 307 Å². The Morgan fingerprint density at radius 1 is 0.361 bits per heavy atom. The molecule has 9 fully saturated rings. The Morgan fingerprint density at radius 2 is 0.609 bits per heavy atom. The number of anilines is 4. The van der Waals surface area contributed by atoms with Gasteiger partial charge in [-0.3, -0.25) is 68.8 Å². The fourth-order valence-corrected chi connectivity index (χ4v) is 24.6. The number of imidazole rings is 6. The molecule has 0 saturated carbocycles. The van der Waals surface area contributed by atoms with Gasteiger partial charge in [0.2, 0.25) is 5.95 Å². The van der Waals surface area contributed by atoms with Crippen molar-refractivity contribution in [3.05, 3.63) is 91.3 Å². The third-order valence-corrected chi connectivity index (χ3v) is 31.4. The van der Waals surface area contributed by atoms with Crippen molar-refractivity contribution in [2.75, 3.05) is 62.6 Å². The maximum atomic E-state index is 16.0. The van der Waals surface area contributed by atoms with Gasteiger partial charge in [-0.05, 0) is 72.9 Å². The van der Waals surface area contributed by atoms with Crippen molar-refractivity contribution >= 4 is 202 Å². The van der Waals surface area contributed by atoms with E-state index in [2.05, 4.69) is 102 Å². The number of aliphatic hydroxyl groups excluding tert-OH is 3. The summed E-state index contributed by atoms with van der Waals surface area (Å²) in [6, 6.07) is 0. The molecule has 71 heteroatoms. The van der Waals surface area contributed by atoms with E-state index < -0.39 is 233 Å². The average molecular weight is 2090 g/mol. The minimum absolute atomic E-state index is 0.0717.